The summed E-state index contributed by atoms with van der Waals surface area (Å²) in [5.74, 6) is -2.80. The van der Waals surface area contributed by atoms with Crippen LogP contribution < -0.4 is 0 Å². The minimum atomic E-state index is -1.36. The molecule has 0 N–H and O–H groups in total. The molecule has 0 spiro atoms. The van der Waals surface area contributed by atoms with Crippen LogP contribution in [0.4, 0.5) is 0 Å². The van der Waals surface area contributed by atoms with Crippen molar-refractivity contribution in [2.75, 3.05) is 6.61 Å². The zero-order chi connectivity index (χ0) is 32.4. The van der Waals surface area contributed by atoms with Gasteiger partial charge in [-0.25, -0.2) is 0 Å². The molecule has 12 heteroatoms. The summed E-state index contributed by atoms with van der Waals surface area (Å²) in [5.41, 5.74) is 3.48. The molecule has 1 aliphatic carbocycles. The lowest BCUT2D eigenvalue weighted by Crippen LogP contribution is -2.60. The Kier molecular flexibility index (Phi) is 9.32. The summed E-state index contributed by atoms with van der Waals surface area (Å²) in [6.45, 7) is 4.34. The number of benzene rings is 2. The molecule has 5 rings (SSSR count). The molecule has 0 saturated carbocycles. The second-order valence-electron chi connectivity index (χ2n) is 10.9. The van der Waals surface area contributed by atoms with Crippen LogP contribution in [0.1, 0.15) is 57.2 Å². The molecule has 2 aromatic carbocycles. The number of carbonyl (C=O) groups is 4. The van der Waals surface area contributed by atoms with Crippen LogP contribution in [0, 0.1) is 16.0 Å². The lowest BCUT2D eigenvalue weighted by Gasteiger charge is -2.45. The molecule has 1 aromatic heterocycles. The van der Waals surface area contributed by atoms with E-state index >= 15 is 0 Å². The quantitative estimate of drug-likeness (QED) is 0.204. The first-order valence-corrected chi connectivity index (χ1v) is 14.9. The molecule has 1 saturated heterocycles. The molecule has 2 heterocycles. The summed E-state index contributed by atoms with van der Waals surface area (Å²) in [5, 5.41) is 12.5. The van der Waals surface area contributed by atoms with Crippen molar-refractivity contribution in [3.05, 3.63) is 63.9 Å². The van der Waals surface area contributed by atoms with Crippen LogP contribution in [0.5, 0.6) is 0 Å². The molecule has 45 heavy (non-hydrogen) atoms. The average Bonchev–Trinajstić information content (AvgIpc) is 3.46. The van der Waals surface area contributed by atoms with Crippen LogP contribution >= 0.6 is 12.2 Å². The summed E-state index contributed by atoms with van der Waals surface area (Å²) in [6, 6.07) is 16.1. The third-order valence-electron chi connectivity index (χ3n) is 7.86. The fourth-order valence-electron chi connectivity index (χ4n) is 6.29. The SMILES string of the molecule is CC(=O)OC[C@H]1O[C@@H](n2c3c(c(-c4cccc5ccccc45)c(C#N)c2=S)CCC3)[C@H](OC(C)=O)[C@@H](OC(C)=O)[C@@H]1OC(C)=O. The maximum absolute atomic E-state index is 12.5. The average molecular weight is 633 g/mol. The van der Waals surface area contributed by atoms with Crippen LogP contribution in [-0.2, 0) is 55.7 Å². The third kappa shape index (κ3) is 6.32. The highest BCUT2D eigenvalue weighted by Crippen LogP contribution is 2.43. The van der Waals surface area contributed by atoms with Gasteiger partial charge in [-0.2, -0.15) is 5.26 Å². The van der Waals surface area contributed by atoms with Gasteiger partial charge in [-0.3, -0.25) is 19.2 Å². The number of nitrogens with zero attached hydrogens (tertiary/aromatic N) is 2. The number of hydrogen-bond acceptors (Lipinski definition) is 11. The Morgan fingerprint density at radius 2 is 1.53 bits per heavy atom. The maximum Gasteiger partial charge on any atom is 0.303 e. The number of hydrogen-bond donors (Lipinski definition) is 0. The Hall–Kier alpha value is -4.60. The Balaban J connectivity index is 1.76. The first-order valence-electron chi connectivity index (χ1n) is 14.5. The largest absolute Gasteiger partial charge is 0.463 e. The fraction of sp³-hybridized carbons (Fsp3) is 0.394. The molecule has 3 aromatic rings. The van der Waals surface area contributed by atoms with Gasteiger partial charge in [-0.15, -0.1) is 0 Å². The van der Waals surface area contributed by atoms with Crippen molar-refractivity contribution < 1.29 is 42.9 Å². The van der Waals surface area contributed by atoms with Crippen molar-refractivity contribution in [2.24, 2.45) is 0 Å². The van der Waals surface area contributed by atoms with E-state index in [1.54, 1.807) is 4.57 Å². The molecular formula is C33H32N2O9S. The van der Waals surface area contributed by atoms with Gasteiger partial charge < -0.3 is 28.3 Å². The van der Waals surface area contributed by atoms with Gasteiger partial charge in [0.05, 0.1) is 5.56 Å². The summed E-state index contributed by atoms with van der Waals surface area (Å²) in [7, 11) is 0. The van der Waals surface area contributed by atoms with Crippen LogP contribution in [0.15, 0.2) is 42.5 Å². The molecular weight excluding hydrogens is 600 g/mol. The van der Waals surface area contributed by atoms with E-state index in [2.05, 4.69) is 6.07 Å². The van der Waals surface area contributed by atoms with Crippen LogP contribution in [-0.4, -0.2) is 59.5 Å². The van der Waals surface area contributed by atoms with Gasteiger partial charge >= 0.3 is 23.9 Å². The van der Waals surface area contributed by atoms with E-state index in [1.807, 2.05) is 42.5 Å². The number of rotatable bonds is 7. The highest BCUT2D eigenvalue weighted by atomic mass is 32.1. The number of pyridine rings is 1. The van der Waals surface area contributed by atoms with Gasteiger partial charge in [0, 0.05) is 39.0 Å². The molecule has 2 aliphatic rings. The zero-order valence-corrected chi connectivity index (χ0v) is 26.1. The molecule has 234 valence electrons. The number of esters is 4. The van der Waals surface area contributed by atoms with E-state index < -0.39 is 54.5 Å². The number of aromatic nitrogens is 1. The highest BCUT2D eigenvalue weighted by molar-refractivity contribution is 7.71. The summed E-state index contributed by atoms with van der Waals surface area (Å²) >= 11 is 6.00. The van der Waals surface area contributed by atoms with E-state index in [0.717, 1.165) is 53.4 Å². The van der Waals surface area contributed by atoms with Gasteiger partial charge in [0.15, 0.2) is 24.5 Å². The highest BCUT2D eigenvalue weighted by Gasteiger charge is 2.53. The normalized spacial score (nSPS) is 22.2. The van der Waals surface area contributed by atoms with E-state index in [-0.39, 0.29) is 16.8 Å². The predicted molar refractivity (Wildman–Crippen MR) is 162 cm³/mol. The predicted octanol–water partition coefficient (Wildman–Crippen LogP) is 4.65. The monoisotopic (exact) mass is 632 g/mol. The molecule has 0 unspecified atom stereocenters. The topological polar surface area (TPSA) is 143 Å². The summed E-state index contributed by atoms with van der Waals surface area (Å²) < 4.78 is 30.3. The van der Waals surface area contributed by atoms with Gasteiger partial charge in [0.1, 0.15) is 23.4 Å². The third-order valence-corrected chi connectivity index (χ3v) is 8.26. The Morgan fingerprint density at radius 1 is 0.889 bits per heavy atom. The first kappa shape index (κ1) is 31.8. The second-order valence-corrected chi connectivity index (χ2v) is 11.3. The summed E-state index contributed by atoms with van der Waals surface area (Å²) in [4.78, 5) is 48.8. The molecule has 0 radical (unpaired) electrons. The molecule has 1 fully saturated rings. The lowest BCUT2D eigenvalue weighted by atomic mass is 9.90. The van der Waals surface area contributed by atoms with Gasteiger partial charge in [0.2, 0.25) is 0 Å². The standard InChI is InChI=1S/C33H32N2O9S/c1-17(36)40-16-27-29(41-18(2)37)30(42-19(3)38)31(43-20(4)39)32(44-27)35-26-14-8-13-24(26)28(25(15-34)33(35)45)23-12-7-10-21-9-5-6-11-22(21)23/h5-7,9-12,27,29-32H,8,13-14,16H2,1-4H3/t27-,29-,30+,31-,32-/m1/s1. The first-order chi connectivity index (χ1) is 21.5. The summed E-state index contributed by atoms with van der Waals surface area (Å²) in [6.07, 6.45) is -4.45. The second kappa shape index (κ2) is 13.2. The molecule has 11 nitrogen and oxygen atoms in total. The minimum absolute atomic E-state index is 0.127. The number of ether oxygens (including phenoxy) is 5. The van der Waals surface area contributed by atoms with Crippen molar-refractivity contribution >= 4 is 46.9 Å². The molecule has 0 bridgehead atoms. The van der Waals surface area contributed by atoms with E-state index in [1.165, 1.54) is 13.8 Å². The number of carbonyl (C=O) groups excluding carboxylic acids is 4. The Labute approximate surface area is 264 Å². The Morgan fingerprint density at radius 3 is 2.20 bits per heavy atom. The minimum Gasteiger partial charge on any atom is -0.463 e. The van der Waals surface area contributed by atoms with Gasteiger partial charge in [-0.1, -0.05) is 54.7 Å². The van der Waals surface area contributed by atoms with Crippen molar-refractivity contribution in [2.45, 2.75) is 77.6 Å². The lowest BCUT2D eigenvalue weighted by molar-refractivity contribution is -0.269. The van der Waals surface area contributed by atoms with Gasteiger partial charge in [0.25, 0.3) is 0 Å². The van der Waals surface area contributed by atoms with Crippen molar-refractivity contribution in [1.29, 1.82) is 5.26 Å². The van der Waals surface area contributed by atoms with Gasteiger partial charge in [-0.05, 0) is 41.2 Å². The molecule has 1 aliphatic heterocycles. The van der Waals surface area contributed by atoms with Crippen molar-refractivity contribution in [1.82, 2.24) is 4.57 Å². The smallest absolute Gasteiger partial charge is 0.303 e. The van der Waals surface area contributed by atoms with E-state index in [4.69, 9.17) is 35.9 Å². The van der Waals surface area contributed by atoms with E-state index in [0.29, 0.717) is 12.8 Å². The molecule has 0 amide bonds. The van der Waals surface area contributed by atoms with Crippen LogP contribution in [0.2, 0.25) is 0 Å². The van der Waals surface area contributed by atoms with Crippen LogP contribution in [0.3, 0.4) is 0 Å². The van der Waals surface area contributed by atoms with Crippen molar-refractivity contribution in [3.63, 3.8) is 0 Å². The maximum atomic E-state index is 12.5. The van der Waals surface area contributed by atoms with E-state index in [9.17, 15) is 24.4 Å². The zero-order valence-electron chi connectivity index (χ0n) is 25.2. The Bertz CT molecular complexity index is 1790. The fourth-order valence-corrected chi connectivity index (χ4v) is 6.65. The van der Waals surface area contributed by atoms with Crippen LogP contribution in [0.25, 0.3) is 21.9 Å². The number of nitriles is 1. The number of fused-ring (bicyclic) bond motifs is 2. The molecule has 5 atom stereocenters. The van der Waals surface area contributed by atoms with Crippen molar-refractivity contribution in [3.8, 4) is 17.2 Å².